The highest BCUT2D eigenvalue weighted by Crippen LogP contribution is 2.06. The van der Waals surface area contributed by atoms with Crippen LogP contribution in [0.15, 0.2) is 24.3 Å². The predicted molar refractivity (Wildman–Crippen MR) is 57.3 cm³/mol. The molecule has 6 heteroatoms. The van der Waals surface area contributed by atoms with Crippen LogP contribution in [0.1, 0.15) is 16.2 Å². The van der Waals surface area contributed by atoms with Crippen molar-refractivity contribution in [2.75, 3.05) is 7.05 Å². The lowest BCUT2D eigenvalue weighted by molar-refractivity contribution is 0.0952. The topological polar surface area (TPSA) is 72.7 Å². The zero-order valence-electron chi connectivity index (χ0n) is 9.01. The molecule has 0 saturated carbocycles. The number of hydrogen-bond donors (Lipinski definition) is 1. The van der Waals surface area contributed by atoms with Gasteiger partial charge < -0.3 is 5.32 Å². The SMILES string of the molecule is CNC(=O)c1nnn(-c2cccc(C)c2)n1. The Morgan fingerprint density at radius 3 is 2.94 bits per heavy atom. The standard InChI is InChI=1S/C10H11N5O/c1-7-4-3-5-8(6-7)15-13-9(12-14-15)10(16)11-2/h3-6H,1-2H3,(H,11,16). The quantitative estimate of drug-likeness (QED) is 0.786. The number of nitrogens with zero attached hydrogens (tertiary/aromatic N) is 4. The molecule has 16 heavy (non-hydrogen) atoms. The zero-order valence-corrected chi connectivity index (χ0v) is 9.01. The third kappa shape index (κ3) is 1.90. The largest absolute Gasteiger partial charge is 0.352 e. The molecule has 0 atom stereocenters. The smallest absolute Gasteiger partial charge is 0.292 e. The Balaban J connectivity index is 2.35. The first-order valence-corrected chi connectivity index (χ1v) is 4.80. The number of aryl methyl sites for hydroxylation is 1. The van der Waals surface area contributed by atoms with Gasteiger partial charge in [-0.3, -0.25) is 4.79 Å². The number of tetrazole rings is 1. The highest BCUT2D eigenvalue weighted by molar-refractivity contribution is 5.89. The van der Waals surface area contributed by atoms with E-state index in [2.05, 4.69) is 20.7 Å². The van der Waals surface area contributed by atoms with Crippen LogP contribution in [0.3, 0.4) is 0 Å². The number of carbonyl (C=O) groups excluding carboxylic acids is 1. The molecule has 0 aliphatic carbocycles. The summed E-state index contributed by atoms with van der Waals surface area (Å²) in [4.78, 5) is 12.6. The first-order chi connectivity index (χ1) is 7.70. The molecule has 2 rings (SSSR count). The van der Waals surface area contributed by atoms with Crippen molar-refractivity contribution in [1.29, 1.82) is 0 Å². The summed E-state index contributed by atoms with van der Waals surface area (Å²) < 4.78 is 0. The molecule has 1 amide bonds. The van der Waals surface area contributed by atoms with Gasteiger partial charge in [0.05, 0.1) is 5.69 Å². The average Bonchev–Trinajstić information content (AvgIpc) is 2.77. The molecule has 0 bridgehead atoms. The first kappa shape index (κ1) is 10.3. The molecule has 0 fully saturated rings. The van der Waals surface area contributed by atoms with Gasteiger partial charge in [0.2, 0.25) is 0 Å². The zero-order chi connectivity index (χ0) is 11.5. The Labute approximate surface area is 92.3 Å². The molecule has 1 aromatic heterocycles. The molecule has 6 nitrogen and oxygen atoms in total. The van der Waals surface area contributed by atoms with Crippen LogP contribution in [0.5, 0.6) is 0 Å². The normalized spacial score (nSPS) is 10.1. The second-order valence-electron chi connectivity index (χ2n) is 3.32. The third-order valence-corrected chi connectivity index (χ3v) is 2.08. The number of nitrogens with one attached hydrogen (secondary N) is 1. The molecule has 82 valence electrons. The van der Waals surface area contributed by atoms with Crippen molar-refractivity contribution in [1.82, 2.24) is 25.5 Å². The minimum Gasteiger partial charge on any atom is -0.352 e. The van der Waals surface area contributed by atoms with E-state index in [1.54, 1.807) is 0 Å². The summed E-state index contributed by atoms with van der Waals surface area (Å²) in [6.45, 7) is 1.97. The summed E-state index contributed by atoms with van der Waals surface area (Å²) in [6, 6.07) is 7.63. The number of aromatic nitrogens is 4. The van der Waals surface area contributed by atoms with Crippen molar-refractivity contribution in [2.24, 2.45) is 0 Å². The fraction of sp³-hybridized carbons (Fsp3) is 0.200. The number of amides is 1. The Bertz CT molecular complexity index is 519. The molecule has 0 aliphatic heterocycles. The molecule has 0 aliphatic rings. The van der Waals surface area contributed by atoms with E-state index in [-0.39, 0.29) is 11.7 Å². The second-order valence-corrected chi connectivity index (χ2v) is 3.32. The maximum Gasteiger partial charge on any atom is 0.292 e. The molecule has 2 aromatic rings. The van der Waals surface area contributed by atoms with Gasteiger partial charge in [0.15, 0.2) is 0 Å². The molecule has 0 unspecified atom stereocenters. The van der Waals surface area contributed by atoms with E-state index in [1.165, 1.54) is 11.8 Å². The molecule has 0 saturated heterocycles. The minimum atomic E-state index is -0.348. The van der Waals surface area contributed by atoms with Gasteiger partial charge in [-0.1, -0.05) is 12.1 Å². The van der Waals surface area contributed by atoms with E-state index in [4.69, 9.17) is 0 Å². The molecule has 1 N–H and O–H groups in total. The van der Waals surface area contributed by atoms with Crippen LogP contribution in [0.25, 0.3) is 5.69 Å². The molecule has 1 aromatic carbocycles. The van der Waals surface area contributed by atoms with Crippen LogP contribution in [-0.2, 0) is 0 Å². The van der Waals surface area contributed by atoms with Gasteiger partial charge in [0.1, 0.15) is 0 Å². The number of rotatable bonds is 2. The van der Waals surface area contributed by atoms with E-state index in [1.807, 2.05) is 31.2 Å². The van der Waals surface area contributed by atoms with E-state index < -0.39 is 0 Å². The molecule has 1 heterocycles. The highest BCUT2D eigenvalue weighted by Gasteiger charge is 2.11. The second kappa shape index (κ2) is 4.09. The van der Waals surface area contributed by atoms with Gasteiger partial charge in [-0.25, -0.2) is 0 Å². The molecular formula is C10H11N5O. The van der Waals surface area contributed by atoms with Crippen LogP contribution in [0.2, 0.25) is 0 Å². The highest BCUT2D eigenvalue weighted by atomic mass is 16.2. The van der Waals surface area contributed by atoms with Crippen LogP contribution in [-0.4, -0.2) is 33.2 Å². The van der Waals surface area contributed by atoms with Gasteiger partial charge in [-0.15, -0.1) is 15.0 Å². The van der Waals surface area contributed by atoms with Crippen molar-refractivity contribution in [3.63, 3.8) is 0 Å². The Kier molecular flexibility index (Phi) is 2.63. The van der Waals surface area contributed by atoms with Crippen molar-refractivity contribution in [3.05, 3.63) is 35.7 Å². The number of carbonyl (C=O) groups is 1. The van der Waals surface area contributed by atoms with Crippen molar-refractivity contribution in [2.45, 2.75) is 6.92 Å². The number of hydrogen-bond acceptors (Lipinski definition) is 4. The maximum absolute atomic E-state index is 11.2. The first-order valence-electron chi connectivity index (χ1n) is 4.80. The van der Waals surface area contributed by atoms with E-state index in [9.17, 15) is 4.79 Å². The summed E-state index contributed by atoms with van der Waals surface area (Å²) in [5.74, 6) is -0.289. The van der Waals surface area contributed by atoms with Gasteiger partial charge in [0, 0.05) is 7.05 Å². The molecule has 0 spiro atoms. The van der Waals surface area contributed by atoms with Gasteiger partial charge >= 0.3 is 0 Å². The van der Waals surface area contributed by atoms with Crippen LogP contribution >= 0.6 is 0 Å². The average molecular weight is 217 g/mol. The van der Waals surface area contributed by atoms with Crippen molar-refractivity contribution < 1.29 is 4.79 Å². The van der Waals surface area contributed by atoms with Gasteiger partial charge in [0.25, 0.3) is 11.7 Å². The van der Waals surface area contributed by atoms with Gasteiger partial charge in [-0.05, 0) is 29.8 Å². The molecular weight excluding hydrogens is 206 g/mol. The fourth-order valence-corrected chi connectivity index (χ4v) is 1.28. The maximum atomic E-state index is 11.2. The van der Waals surface area contributed by atoms with Crippen molar-refractivity contribution in [3.8, 4) is 5.69 Å². The monoisotopic (exact) mass is 217 g/mol. The summed E-state index contributed by atoms with van der Waals surface area (Å²) in [6.07, 6.45) is 0. The summed E-state index contributed by atoms with van der Waals surface area (Å²) in [5, 5.41) is 13.9. The summed E-state index contributed by atoms with van der Waals surface area (Å²) in [7, 11) is 1.52. The van der Waals surface area contributed by atoms with Gasteiger partial charge in [-0.2, -0.15) is 0 Å². The van der Waals surface area contributed by atoms with Crippen molar-refractivity contribution >= 4 is 5.91 Å². The molecule has 0 radical (unpaired) electrons. The number of benzene rings is 1. The minimum absolute atomic E-state index is 0.0593. The fourth-order valence-electron chi connectivity index (χ4n) is 1.28. The van der Waals surface area contributed by atoms with E-state index in [0.717, 1.165) is 11.3 Å². The van der Waals surface area contributed by atoms with Crippen LogP contribution in [0, 0.1) is 6.92 Å². The summed E-state index contributed by atoms with van der Waals surface area (Å²) >= 11 is 0. The lowest BCUT2D eigenvalue weighted by Crippen LogP contribution is -2.19. The lowest BCUT2D eigenvalue weighted by atomic mass is 10.2. The van der Waals surface area contributed by atoms with Crippen LogP contribution in [0.4, 0.5) is 0 Å². The predicted octanol–water partition coefficient (Wildman–Crippen LogP) is 0.330. The lowest BCUT2D eigenvalue weighted by Gasteiger charge is -1.98. The van der Waals surface area contributed by atoms with E-state index in [0.29, 0.717) is 0 Å². The Hall–Kier alpha value is -2.24. The van der Waals surface area contributed by atoms with E-state index >= 15 is 0 Å². The Morgan fingerprint density at radius 1 is 1.44 bits per heavy atom. The van der Waals surface area contributed by atoms with Crippen LogP contribution < -0.4 is 5.32 Å². The Morgan fingerprint density at radius 2 is 2.25 bits per heavy atom. The summed E-state index contributed by atoms with van der Waals surface area (Å²) in [5.41, 5.74) is 1.87. The third-order valence-electron chi connectivity index (χ3n) is 2.08.